The Balaban J connectivity index is 1.82. The van der Waals surface area contributed by atoms with Crippen molar-refractivity contribution in [2.24, 2.45) is 5.10 Å². The van der Waals surface area contributed by atoms with E-state index in [1.54, 1.807) is 7.11 Å². The van der Waals surface area contributed by atoms with Gasteiger partial charge in [-0.25, -0.2) is 0 Å². The van der Waals surface area contributed by atoms with Gasteiger partial charge in [0, 0.05) is 5.56 Å². The average molecular weight is 407 g/mol. The lowest BCUT2D eigenvalue weighted by molar-refractivity contribution is 0.0397. The third-order valence-electron chi connectivity index (χ3n) is 4.28. The van der Waals surface area contributed by atoms with Gasteiger partial charge in [0.05, 0.1) is 62.0 Å². The van der Waals surface area contributed by atoms with Crippen molar-refractivity contribution in [1.29, 1.82) is 0 Å². The highest BCUT2D eigenvalue weighted by molar-refractivity contribution is 9.10. The molecule has 6 nitrogen and oxygen atoms in total. The third-order valence-corrected chi connectivity index (χ3v) is 5.42. The van der Waals surface area contributed by atoms with Gasteiger partial charge in [0.2, 0.25) is 0 Å². The fourth-order valence-corrected chi connectivity index (χ4v) is 3.09. The van der Waals surface area contributed by atoms with E-state index in [-0.39, 0.29) is 0 Å². The number of morpholine rings is 1. The largest absolute Gasteiger partial charge is 0.496 e. The summed E-state index contributed by atoms with van der Waals surface area (Å²) >= 11 is 3.58. The lowest BCUT2D eigenvalue weighted by atomic mass is 10.1. The first-order chi connectivity index (χ1) is 12.1. The van der Waals surface area contributed by atoms with E-state index in [0.717, 1.165) is 59.0 Å². The zero-order chi connectivity index (χ0) is 17.8. The van der Waals surface area contributed by atoms with Crippen molar-refractivity contribution in [2.45, 2.75) is 20.4 Å². The van der Waals surface area contributed by atoms with Crippen LogP contribution in [0, 0.1) is 13.8 Å². The summed E-state index contributed by atoms with van der Waals surface area (Å²) in [4.78, 5) is 0. The summed E-state index contributed by atoms with van der Waals surface area (Å²) in [6, 6.07) is 6.10. The van der Waals surface area contributed by atoms with Crippen LogP contribution in [0.25, 0.3) is 0 Å². The first kappa shape index (κ1) is 17.9. The van der Waals surface area contributed by atoms with Gasteiger partial charge in [-0.1, -0.05) is 0 Å². The van der Waals surface area contributed by atoms with Crippen LogP contribution < -0.4 is 4.74 Å². The van der Waals surface area contributed by atoms with Gasteiger partial charge in [0.25, 0.3) is 0 Å². The summed E-state index contributed by atoms with van der Waals surface area (Å²) in [5.74, 6) is 0.854. The molecular formula is C18H23BrN4O2. The van der Waals surface area contributed by atoms with Crippen molar-refractivity contribution in [3.8, 4) is 5.75 Å². The minimum atomic E-state index is 0.653. The van der Waals surface area contributed by atoms with E-state index < -0.39 is 0 Å². The maximum absolute atomic E-state index is 5.52. The van der Waals surface area contributed by atoms with E-state index in [1.165, 1.54) is 0 Å². The summed E-state index contributed by atoms with van der Waals surface area (Å²) in [5.41, 5.74) is 4.21. The number of halogens is 1. The molecule has 0 spiro atoms. The molecule has 0 atom stereocenters. The molecule has 2 aromatic rings. The Labute approximate surface area is 156 Å². The maximum Gasteiger partial charge on any atom is 0.123 e. The molecule has 25 heavy (non-hydrogen) atoms. The molecule has 0 bridgehead atoms. The number of hydrogen-bond donors (Lipinski definition) is 0. The average Bonchev–Trinajstić information content (AvgIpc) is 2.88. The van der Waals surface area contributed by atoms with Crippen LogP contribution in [0.15, 0.2) is 27.8 Å². The molecule has 134 valence electrons. The van der Waals surface area contributed by atoms with Crippen molar-refractivity contribution >= 4 is 22.1 Å². The molecule has 1 saturated heterocycles. The minimum absolute atomic E-state index is 0.653. The molecule has 2 heterocycles. The summed E-state index contributed by atoms with van der Waals surface area (Å²) in [6.07, 6.45) is 1.89. The summed E-state index contributed by atoms with van der Waals surface area (Å²) < 4.78 is 13.9. The molecule has 1 aliphatic heterocycles. The van der Waals surface area contributed by atoms with Gasteiger partial charge in [-0.3, -0.25) is 9.69 Å². The zero-order valence-corrected chi connectivity index (χ0v) is 16.4. The molecule has 0 unspecified atom stereocenters. The summed E-state index contributed by atoms with van der Waals surface area (Å²) in [6.45, 7) is 7.84. The Morgan fingerprint density at radius 1 is 1.32 bits per heavy atom. The van der Waals surface area contributed by atoms with Crippen molar-refractivity contribution < 1.29 is 9.47 Å². The quantitative estimate of drug-likeness (QED) is 0.716. The lowest BCUT2D eigenvalue weighted by Crippen LogP contribution is -2.32. The van der Waals surface area contributed by atoms with Crippen LogP contribution in [-0.2, 0) is 11.3 Å². The standard InChI is InChI=1S/C18H23BrN4O2/c1-13-18(19)14(2)23(21-13)12-16-10-15(4-5-17(16)24-3)11-20-22-6-8-25-9-7-22/h4-5,10-11H,6-9,12H2,1-3H3/b20-11+. The molecule has 0 amide bonds. The molecule has 0 N–H and O–H groups in total. The monoisotopic (exact) mass is 406 g/mol. The second-order valence-corrected chi connectivity index (χ2v) is 6.82. The number of rotatable bonds is 5. The van der Waals surface area contributed by atoms with E-state index in [4.69, 9.17) is 9.47 Å². The Hall–Kier alpha value is -1.86. The smallest absolute Gasteiger partial charge is 0.123 e. The molecule has 1 aliphatic rings. The normalized spacial score (nSPS) is 15.1. The molecule has 3 rings (SSSR count). The van der Waals surface area contributed by atoms with Crippen LogP contribution in [0.4, 0.5) is 0 Å². The Kier molecular flexibility index (Phi) is 5.75. The first-order valence-corrected chi connectivity index (χ1v) is 9.11. The fraction of sp³-hybridized carbons (Fsp3) is 0.444. The number of benzene rings is 1. The Morgan fingerprint density at radius 2 is 2.08 bits per heavy atom. The predicted molar refractivity (Wildman–Crippen MR) is 101 cm³/mol. The molecule has 7 heteroatoms. The van der Waals surface area contributed by atoms with Crippen LogP contribution in [0.2, 0.25) is 0 Å². The topological polar surface area (TPSA) is 51.9 Å². The second kappa shape index (κ2) is 8.01. The third kappa shape index (κ3) is 4.22. The number of aryl methyl sites for hydroxylation is 1. The molecule has 1 aromatic carbocycles. The van der Waals surface area contributed by atoms with Crippen LogP contribution in [0.5, 0.6) is 5.75 Å². The Bertz CT molecular complexity index is 767. The number of aromatic nitrogens is 2. The SMILES string of the molecule is COc1ccc(/C=N/N2CCOCC2)cc1Cn1nc(C)c(Br)c1C. The van der Waals surface area contributed by atoms with Gasteiger partial charge in [-0.2, -0.15) is 10.2 Å². The summed E-state index contributed by atoms with van der Waals surface area (Å²) in [7, 11) is 1.69. The molecule has 1 aromatic heterocycles. The van der Waals surface area contributed by atoms with Crippen LogP contribution in [0.3, 0.4) is 0 Å². The van der Waals surface area contributed by atoms with Gasteiger partial charge < -0.3 is 9.47 Å². The van der Waals surface area contributed by atoms with E-state index in [9.17, 15) is 0 Å². The number of ether oxygens (including phenoxy) is 2. The highest BCUT2D eigenvalue weighted by Crippen LogP contribution is 2.24. The van der Waals surface area contributed by atoms with Crippen LogP contribution >= 0.6 is 15.9 Å². The van der Waals surface area contributed by atoms with Crippen LogP contribution in [-0.4, -0.2) is 54.4 Å². The van der Waals surface area contributed by atoms with Gasteiger partial charge in [-0.05, 0) is 53.5 Å². The highest BCUT2D eigenvalue weighted by atomic mass is 79.9. The van der Waals surface area contributed by atoms with Gasteiger partial charge >= 0.3 is 0 Å². The molecule has 0 saturated carbocycles. The molecule has 0 aliphatic carbocycles. The van der Waals surface area contributed by atoms with Crippen molar-refractivity contribution in [3.05, 3.63) is 45.2 Å². The predicted octanol–water partition coefficient (Wildman–Crippen LogP) is 2.99. The number of hydrazone groups is 1. The van der Waals surface area contributed by atoms with Crippen molar-refractivity contribution in [2.75, 3.05) is 33.4 Å². The zero-order valence-electron chi connectivity index (χ0n) is 14.8. The number of methoxy groups -OCH3 is 1. The second-order valence-electron chi connectivity index (χ2n) is 6.02. The highest BCUT2D eigenvalue weighted by Gasteiger charge is 2.12. The number of hydrogen-bond acceptors (Lipinski definition) is 5. The van der Waals surface area contributed by atoms with Gasteiger partial charge in [-0.15, -0.1) is 0 Å². The molecule has 0 radical (unpaired) electrons. The summed E-state index contributed by atoms with van der Waals surface area (Å²) in [5, 5.41) is 11.2. The van der Waals surface area contributed by atoms with E-state index in [1.807, 2.05) is 35.0 Å². The van der Waals surface area contributed by atoms with E-state index in [0.29, 0.717) is 6.54 Å². The maximum atomic E-state index is 5.52. The Morgan fingerprint density at radius 3 is 2.72 bits per heavy atom. The lowest BCUT2D eigenvalue weighted by Gasteiger charge is -2.23. The first-order valence-electron chi connectivity index (χ1n) is 8.31. The van der Waals surface area contributed by atoms with E-state index in [2.05, 4.69) is 39.1 Å². The molecule has 1 fully saturated rings. The fourth-order valence-electron chi connectivity index (χ4n) is 2.81. The van der Waals surface area contributed by atoms with Gasteiger partial charge in [0.1, 0.15) is 5.75 Å². The molecular weight excluding hydrogens is 384 g/mol. The minimum Gasteiger partial charge on any atom is -0.496 e. The number of nitrogens with zero attached hydrogens (tertiary/aromatic N) is 4. The van der Waals surface area contributed by atoms with Crippen molar-refractivity contribution in [3.63, 3.8) is 0 Å². The van der Waals surface area contributed by atoms with Crippen LogP contribution in [0.1, 0.15) is 22.5 Å². The van der Waals surface area contributed by atoms with Crippen molar-refractivity contribution in [1.82, 2.24) is 14.8 Å². The van der Waals surface area contributed by atoms with Gasteiger partial charge in [0.15, 0.2) is 0 Å². The van der Waals surface area contributed by atoms with E-state index >= 15 is 0 Å².